The molecule has 3 heterocycles. The van der Waals surface area contributed by atoms with Gasteiger partial charge in [0.1, 0.15) is 11.6 Å². The summed E-state index contributed by atoms with van der Waals surface area (Å²) in [4.78, 5) is 35.6. The van der Waals surface area contributed by atoms with E-state index in [0.29, 0.717) is 63.8 Å². The average Bonchev–Trinajstić information content (AvgIpc) is 3.42. The van der Waals surface area contributed by atoms with Crippen molar-refractivity contribution in [3.05, 3.63) is 47.3 Å². The molecule has 1 atom stereocenters. The number of benzene rings is 1. The number of ketones is 1. The standard InChI is InChI=1S/C28H33F3N6O2/c1-19(38)33-18-22-11-14-36(15-12-22)25-16-26(35-27(34-25)28(29,30)31)37-13-3-5-23(37)24(39)6-2-4-20-7-9-21(17-32)10-8-20/h7-10,16,22-23H,2-6,11-15,18H2,1H3,(H,33,38)/t23-/m0/s1. The fourth-order valence-corrected chi connectivity index (χ4v) is 5.27. The van der Waals surface area contributed by atoms with Crippen molar-refractivity contribution in [2.75, 3.05) is 36.0 Å². The van der Waals surface area contributed by atoms with Gasteiger partial charge in [0.05, 0.1) is 17.7 Å². The zero-order chi connectivity index (χ0) is 28.0. The van der Waals surface area contributed by atoms with Gasteiger partial charge in [0.15, 0.2) is 5.78 Å². The number of aromatic nitrogens is 2. The van der Waals surface area contributed by atoms with Crippen LogP contribution in [-0.2, 0) is 22.2 Å². The molecule has 1 N–H and O–H groups in total. The number of amides is 1. The van der Waals surface area contributed by atoms with Crippen molar-refractivity contribution in [2.24, 2.45) is 5.92 Å². The van der Waals surface area contributed by atoms with Gasteiger partial charge in [-0.2, -0.15) is 18.4 Å². The third-order valence-electron chi connectivity index (χ3n) is 7.42. The van der Waals surface area contributed by atoms with E-state index < -0.39 is 18.0 Å². The number of carbonyl (C=O) groups is 2. The smallest absolute Gasteiger partial charge is 0.356 e. The highest BCUT2D eigenvalue weighted by atomic mass is 19.4. The summed E-state index contributed by atoms with van der Waals surface area (Å²) in [5.41, 5.74) is 1.61. The van der Waals surface area contributed by atoms with Crippen molar-refractivity contribution in [3.8, 4) is 6.07 Å². The third-order valence-corrected chi connectivity index (χ3v) is 7.42. The highest BCUT2D eigenvalue weighted by Crippen LogP contribution is 2.34. The van der Waals surface area contributed by atoms with Crippen LogP contribution in [0.15, 0.2) is 30.3 Å². The molecular formula is C28H33F3N6O2. The van der Waals surface area contributed by atoms with Crippen molar-refractivity contribution in [1.29, 1.82) is 5.26 Å². The molecule has 208 valence electrons. The molecule has 1 amide bonds. The summed E-state index contributed by atoms with van der Waals surface area (Å²) < 4.78 is 41.4. The number of alkyl halides is 3. The van der Waals surface area contributed by atoms with E-state index in [1.54, 1.807) is 23.1 Å². The Morgan fingerprint density at radius 1 is 1.08 bits per heavy atom. The molecule has 39 heavy (non-hydrogen) atoms. The minimum atomic E-state index is -4.71. The first-order chi connectivity index (χ1) is 18.6. The SMILES string of the molecule is CC(=O)NCC1CCN(c2cc(N3CCC[C@H]3C(=O)CCCc3ccc(C#N)cc3)nc(C(F)(F)F)n2)CC1. The van der Waals surface area contributed by atoms with Crippen LogP contribution in [-0.4, -0.2) is 53.9 Å². The number of Topliss-reactive ketones (excluding diaryl/α,β-unsaturated/α-hetero) is 1. The number of hydrogen-bond donors (Lipinski definition) is 1. The summed E-state index contributed by atoms with van der Waals surface area (Å²) in [6, 6.07) is 10.4. The van der Waals surface area contributed by atoms with E-state index >= 15 is 0 Å². The highest BCUT2D eigenvalue weighted by molar-refractivity contribution is 5.87. The van der Waals surface area contributed by atoms with Gasteiger partial charge in [0.2, 0.25) is 11.7 Å². The number of nitriles is 1. The molecular weight excluding hydrogens is 509 g/mol. The van der Waals surface area contributed by atoms with Crippen molar-refractivity contribution in [2.45, 2.75) is 64.1 Å². The van der Waals surface area contributed by atoms with Gasteiger partial charge in [0, 0.05) is 45.6 Å². The van der Waals surface area contributed by atoms with Crippen LogP contribution in [0.25, 0.3) is 0 Å². The quantitative estimate of drug-likeness (QED) is 0.505. The Balaban J connectivity index is 1.44. The van der Waals surface area contributed by atoms with E-state index in [4.69, 9.17) is 5.26 Å². The molecule has 2 saturated heterocycles. The number of piperidine rings is 1. The number of nitrogens with one attached hydrogen (secondary N) is 1. The van der Waals surface area contributed by atoms with Crippen LogP contribution in [0.2, 0.25) is 0 Å². The van der Waals surface area contributed by atoms with E-state index in [-0.39, 0.29) is 29.2 Å². The van der Waals surface area contributed by atoms with Gasteiger partial charge in [-0.25, -0.2) is 9.97 Å². The first-order valence-electron chi connectivity index (χ1n) is 13.4. The van der Waals surface area contributed by atoms with Gasteiger partial charge in [-0.15, -0.1) is 0 Å². The number of anilines is 2. The predicted molar refractivity (Wildman–Crippen MR) is 140 cm³/mol. The average molecular weight is 543 g/mol. The van der Waals surface area contributed by atoms with Crippen molar-refractivity contribution in [3.63, 3.8) is 0 Å². The molecule has 2 fully saturated rings. The van der Waals surface area contributed by atoms with E-state index in [1.165, 1.54) is 6.92 Å². The number of hydrogen-bond acceptors (Lipinski definition) is 7. The molecule has 4 rings (SSSR count). The Kier molecular flexibility index (Phi) is 9.04. The molecule has 0 aliphatic carbocycles. The third kappa shape index (κ3) is 7.46. The molecule has 11 heteroatoms. The Hall–Kier alpha value is -3.68. The maximum atomic E-state index is 13.8. The molecule has 0 spiro atoms. The number of halogens is 3. The topological polar surface area (TPSA) is 102 Å². The Bertz CT molecular complexity index is 1200. The van der Waals surface area contributed by atoms with Gasteiger partial charge in [0.25, 0.3) is 0 Å². The predicted octanol–water partition coefficient (Wildman–Crippen LogP) is 4.28. The van der Waals surface area contributed by atoms with E-state index in [1.807, 2.05) is 17.0 Å². The number of nitrogens with zero attached hydrogens (tertiary/aromatic N) is 5. The van der Waals surface area contributed by atoms with Crippen LogP contribution in [0.3, 0.4) is 0 Å². The second-order valence-electron chi connectivity index (χ2n) is 10.3. The molecule has 8 nitrogen and oxygen atoms in total. The van der Waals surface area contributed by atoms with Crippen molar-refractivity contribution >= 4 is 23.3 Å². The minimum Gasteiger partial charge on any atom is -0.356 e. The summed E-state index contributed by atoms with van der Waals surface area (Å²) in [5.74, 6) is -0.696. The summed E-state index contributed by atoms with van der Waals surface area (Å²) in [5, 5.41) is 11.7. The van der Waals surface area contributed by atoms with Gasteiger partial charge in [-0.3, -0.25) is 9.59 Å². The molecule has 0 unspecified atom stereocenters. The molecule has 0 radical (unpaired) electrons. The first kappa shape index (κ1) is 28.3. The van der Waals surface area contributed by atoms with Crippen molar-refractivity contribution in [1.82, 2.24) is 15.3 Å². The number of aryl methyl sites for hydroxylation is 1. The van der Waals surface area contributed by atoms with Crippen LogP contribution in [0.1, 0.15) is 62.4 Å². The monoisotopic (exact) mass is 542 g/mol. The molecule has 2 aliphatic rings. The Labute approximate surface area is 226 Å². The normalized spacial score (nSPS) is 18.2. The molecule has 0 saturated carbocycles. The fraction of sp³-hybridized carbons (Fsp3) is 0.536. The van der Waals surface area contributed by atoms with Gasteiger partial charge in [-0.1, -0.05) is 12.1 Å². The van der Waals surface area contributed by atoms with Crippen LogP contribution >= 0.6 is 0 Å². The zero-order valence-electron chi connectivity index (χ0n) is 22.0. The maximum absolute atomic E-state index is 13.8. The van der Waals surface area contributed by atoms with Crippen LogP contribution in [0, 0.1) is 17.2 Å². The van der Waals surface area contributed by atoms with Crippen LogP contribution in [0.4, 0.5) is 24.8 Å². The lowest BCUT2D eigenvalue weighted by Gasteiger charge is -2.34. The maximum Gasteiger partial charge on any atom is 0.451 e. The lowest BCUT2D eigenvalue weighted by Crippen LogP contribution is -2.40. The van der Waals surface area contributed by atoms with Gasteiger partial charge in [-0.05, 0) is 62.1 Å². The number of carbonyl (C=O) groups excluding carboxylic acids is 2. The van der Waals surface area contributed by atoms with Gasteiger partial charge >= 0.3 is 6.18 Å². The van der Waals surface area contributed by atoms with E-state index in [2.05, 4.69) is 21.4 Å². The second-order valence-corrected chi connectivity index (χ2v) is 10.3. The minimum absolute atomic E-state index is 0.00588. The molecule has 2 aromatic rings. The summed E-state index contributed by atoms with van der Waals surface area (Å²) in [7, 11) is 0. The Morgan fingerprint density at radius 3 is 2.41 bits per heavy atom. The molecule has 0 bridgehead atoms. The summed E-state index contributed by atoms with van der Waals surface area (Å²) in [6.07, 6.45) is -0.382. The van der Waals surface area contributed by atoms with Gasteiger partial charge < -0.3 is 15.1 Å². The number of rotatable bonds is 9. The lowest BCUT2D eigenvalue weighted by atomic mass is 9.97. The van der Waals surface area contributed by atoms with Crippen LogP contribution < -0.4 is 15.1 Å². The molecule has 1 aromatic heterocycles. The van der Waals surface area contributed by atoms with E-state index in [0.717, 1.165) is 18.4 Å². The Morgan fingerprint density at radius 2 is 1.77 bits per heavy atom. The highest BCUT2D eigenvalue weighted by Gasteiger charge is 2.38. The second kappa shape index (κ2) is 12.5. The van der Waals surface area contributed by atoms with Crippen LogP contribution in [0.5, 0.6) is 0 Å². The summed E-state index contributed by atoms with van der Waals surface area (Å²) in [6.45, 7) is 3.51. The largest absolute Gasteiger partial charge is 0.451 e. The van der Waals surface area contributed by atoms with Crippen molar-refractivity contribution < 1.29 is 22.8 Å². The zero-order valence-corrected chi connectivity index (χ0v) is 22.0. The fourth-order valence-electron chi connectivity index (χ4n) is 5.27. The summed E-state index contributed by atoms with van der Waals surface area (Å²) >= 11 is 0. The molecule has 2 aliphatic heterocycles. The van der Waals surface area contributed by atoms with E-state index in [9.17, 15) is 22.8 Å². The molecule has 1 aromatic carbocycles. The first-order valence-corrected chi connectivity index (χ1v) is 13.4. The lowest BCUT2D eigenvalue weighted by molar-refractivity contribution is -0.144.